The van der Waals surface area contributed by atoms with Gasteiger partial charge in [-0.15, -0.1) is 11.8 Å². The van der Waals surface area contributed by atoms with Gasteiger partial charge in [0.05, 0.1) is 22.5 Å². The molecule has 0 spiro atoms. The summed E-state index contributed by atoms with van der Waals surface area (Å²) in [6.07, 6.45) is 0. The van der Waals surface area contributed by atoms with E-state index in [-0.39, 0.29) is 22.5 Å². The highest BCUT2D eigenvalue weighted by Crippen LogP contribution is 2.16. The van der Waals surface area contributed by atoms with Crippen molar-refractivity contribution in [1.82, 2.24) is 0 Å². The molecule has 9 heteroatoms. The van der Waals surface area contributed by atoms with Gasteiger partial charge in [-0.25, -0.2) is 13.6 Å². The summed E-state index contributed by atoms with van der Waals surface area (Å²) in [5.74, 6) is -0.574. The normalized spacial score (nSPS) is 12.5. The molecule has 0 aliphatic carbocycles. The quantitative estimate of drug-likeness (QED) is 0.710. The van der Waals surface area contributed by atoms with E-state index in [9.17, 15) is 18.0 Å². The molecule has 0 fully saturated rings. The number of carbonyl (C=O) groups excluding carboxylic acids is 2. The number of thioether (sulfide) groups is 1. The summed E-state index contributed by atoms with van der Waals surface area (Å²) in [7, 11) is -3.76. The maximum atomic E-state index is 11.9. The number of hydrogen-bond donors (Lipinski definition) is 2. The standard InChI is InChI=1S/C13H18N2O5S2/c1-3-20-12(16)8-21-9(2)13(17)15-10-4-6-11(7-5-10)22(14,18)19/h4-7,9H,3,8H2,1-2H3,(H,15,17)(H2,14,18,19)/t9-/m1/s1. The molecule has 0 bridgehead atoms. The molecular weight excluding hydrogens is 328 g/mol. The van der Waals surface area contributed by atoms with Gasteiger partial charge < -0.3 is 10.1 Å². The zero-order chi connectivity index (χ0) is 16.8. The van der Waals surface area contributed by atoms with E-state index in [4.69, 9.17) is 9.88 Å². The van der Waals surface area contributed by atoms with Gasteiger partial charge >= 0.3 is 5.97 Å². The summed E-state index contributed by atoms with van der Waals surface area (Å²) < 4.78 is 27.0. The van der Waals surface area contributed by atoms with Crippen LogP contribution in [0.1, 0.15) is 13.8 Å². The van der Waals surface area contributed by atoms with Crippen LogP contribution >= 0.6 is 11.8 Å². The summed E-state index contributed by atoms with van der Waals surface area (Å²) in [5.41, 5.74) is 0.445. The van der Waals surface area contributed by atoms with Crippen LogP contribution in [0, 0.1) is 0 Å². The maximum Gasteiger partial charge on any atom is 0.315 e. The van der Waals surface area contributed by atoms with E-state index >= 15 is 0 Å². The number of amides is 1. The Labute approximate surface area is 133 Å². The Bertz CT molecular complexity index is 628. The van der Waals surface area contributed by atoms with Crippen LogP contribution in [0.4, 0.5) is 5.69 Å². The van der Waals surface area contributed by atoms with Crippen molar-refractivity contribution in [2.45, 2.75) is 24.0 Å². The van der Waals surface area contributed by atoms with Gasteiger partial charge in [0.25, 0.3) is 0 Å². The summed E-state index contributed by atoms with van der Waals surface area (Å²) in [6, 6.07) is 5.50. The highest BCUT2D eigenvalue weighted by molar-refractivity contribution is 8.01. The van der Waals surface area contributed by atoms with Crippen LogP contribution in [-0.2, 0) is 24.3 Å². The number of ether oxygens (including phenoxy) is 1. The lowest BCUT2D eigenvalue weighted by Crippen LogP contribution is -2.24. The van der Waals surface area contributed by atoms with Gasteiger partial charge in [-0.2, -0.15) is 0 Å². The molecule has 0 saturated heterocycles. The SMILES string of the molecule is CCOC(=O)CS[C@H](C)C(=O)Nc1ccc(S(N)(=O)=O)cc1. The minimum absolute atomic E-state index is 0.0322. The largest absolute Gasteiger partial charge is 0.465 e. The molecule has 7 nitrogen and oxygen atoms in total. The van der Waals surface area contributed by atoms with Crippen molar-refractivity contribution < 1.29 is 22.7 Å². The predicted molar refractivity (Wildman–Crippen MR) is 85.0 cm³/mol. The molecule has 0 radical (unpaired) electrons. The summed E-state index contributed by atoms with van der Waals surface area (Å²) in [5, 5.41) is 7.16. The van der Waals surface area contributed by atoms with E-state index in [1.165, 1.54) is 24.3 Å². The average Bonchev–Trinajstić information content (AvgIpc) is 2.44. The number of nitrogens with two attached hydrogens (primary N) is 1. The second kappa shape index (κ2) is 8.16. The number of carbonyl (C=O) groups is 2. The lowest BCUT2D eigenvalue weighted by Gasteiger charge is -2.12. The fraction of sp³-hybridized carbons (Fsp3) is 0.385. The van der Waals surface area contributed by atoms with Gasteiger partial charge in [0.1, 0.15) is 0 Å². The van der Waals surface area contributed by atoms with Crippen molar-refractivity contribution in [2.75, 3.05) is 17.7 Å². The van der Waals surface area contributed by atoms with Crippen LogP contribution in [-0.4, -0.2) is 37.9 Å². The zero-order valence-electron chi connectivity index (χ0n) is 12.2. The van der Waals surface area contributed by atoms with Crippen LogP contribution < -0.4 is 10.5 Å². The van der Waals surface area contributed by atoms with E-state index in [0.717, 1.165) is 11.8 Å². The molecule has 0 unspecified atom stereocenters. The van der Waals surface area contributed by atoms with Crippen molar-refractivity contribution >= 4 is 39.3 Å². The third-order valence-electron chi connectivity index (χ3n) is 2.58. The third kappa shape index (κ3) is 6.04. The Morgan fingerprint density at radius 1 is 1.32 bits per heavy atom. The van der Waals surface area contributed by atoms with Crippen molar-refractivity contribution in [3.8, 4) is 0 Å². The van der Waals surface area contributed by atoms with Crippen LogP contribution in [0.5, 0.6) is 0 Å². The van der Waals surface area contributed by atoms with Crippen molar-refractivity contribution in [3.05, 3.63) is 24.3 Å². The summed E-state index contributed by atoms with van der Waals surface area (Å²) >= 11 is 1.16. The molecule has 3 N–H and O–H groups in total. The van der Waals surface area contributed by atoms with E-state index in [2.05, 4.69) is 5.32 Å². The number of nitrogens with one attached hydrogen (secondary N) is 1. The maximum absolute atomic E-state index is 11.9. The average molecular weight is 346 g/mol. The van der Waals surface area contributed by atoms with Gasteiger partial charge in [-0.05, 0) is 38.1 Å². The topological polar surface area (TPSA) is 116 Å². The molecule has 1 atom stereocenters. The van der Waals surface area contributed by atoms with Crippen molar-refractivity contribution in [1.29, 1.82) is 0 Å². The smallest absolute Gasteiger partial charge is 0.315 e. The second-order valence-electron chi connectivity index (χ2n) is 4.32. The molecule has 0 aliphatic heterocycles. The summed E-state index contributed by atoms with van der Waals surface area (Å²) in [6.45, 7) is 3.68. The molecule has 1 aromatic rings. The van der Waals surface area contributed by atoms with E-state index in [0.29, 0.717) is 12.3 Å². The number of hydrogen-bond acceptors (Lipinski definition) is 6. The first kappa shape index (κ1) is 18.5. The van der Waals surface area contributed by atoms with Gasteiger partial charge in [0, 0.05) is 5.69 Å². The van der Waals surface area contributed by atoms with Crippen LogP contribution in [0.15, 0.2) is 29.2 Å². The lowest BCUT2D eigenvalue weighted by atomic mass is 10.3. The molecule has 0 aliphatic rings. The van der Waals surface area contributed by atoms with Crippen molar-refractivity contribution in [2.24, 2.45) is 5.14 Å². The number of anilines is 1. The predicted octanol–water partition coefficient (Wildman–Crippen LogP) is 0.957. The number of esters is 1. The number of primary sulfonamides is 1. The number of rotatable bonds is 7. The van der Waals surface area contributed by atoms with Crippen LogP contribution in [0.2, 0.25) is 0 Å². The third-order valence-corrected chi connectivity index (χ3v) is 4.62. The minimum atomic E-state index is -3.76. The molecule has 0 saturated carbocycles. The molecular formula is C13H18N2O5S2. The Balaban J connectivity index is 2.55. The Morgan fingerprint density at radius 2 is 1.91 bits per heavy atom. The van der Waals surface area contributed by atoms with E-state index in [1.54, 1.807) is 13.8 Å². The van der Waals surface area contributed by atoms with E-state index in [1.807, 2.05) is 0 Å². The Morgan fingerprint density at radius 3 is 2.41 bits per heavy atom. The van der Waals surface area contributed by atoms with Gasteiger partial charge in [0.15, 0.2) is 0 Å². The summed E-state index contributed by atoms with van der Waals surface area (Å²) in [4.78, 5) is 23.1. The fourth-order valence-corrected chi connectivity index (χ4v) is 2.64. The Kier molecular flexibility index (Phi) is 6.85. The fourth-order valence-electron chi connectivity index (χ4n) is 1.44. The molecule has 122 valence electrons. The van der Waals surface area contributed by atoms with Crippen LogP contribution in [0.25, 0.3) is 0 Å². The van der Waals surface area contributed by atoms with Gasteiger partial charge in [0.2, 0.25) is 15.9 Å². The molecule has 22 heavy (non-hydrogen) atoms. The monoisotopic (exact) mass is 346 g/mol. The highest BCUT2D eigenvalue weighted by atomic mass is 32.2. The lowest BCUT2D eigenvalue weighted by molar-refractivity contribution is -0.139. The molecule has 1 aromatic carbocycles. The van der Waals surface area contributed by atoms with Crippen molar-refractivity contribution in [3.63, 3.8) is 0 Å². The molecule has 1 amide bonds. The van der Waals surface area contributed by atoms with Gasteiger partial charge in [-0.3, -0.25) is 9.59 Å². The van der Waals surface area contributed by atoms with Crippen LogP contribution in [0.3, 0.4) is 0 Å². The number of benzene rings is 1. The molecule has 0 aromatic heterocycles. The zero-order valence-corrected chi connectivity index (χ0v) is 13.9. The molecule has 0 heterocycles. The van der Waals surface area contributed by atoms with Gasteiger partial charge in [-0.1, -0.05) is 0 Å². The first-order valence-electron chi connectivity index (χ1n) is 6.45. The first-order valence-corrected chi connectivity index (χ1v) is 9.04. The highest BCUT2D eigenvalue weighted by Gasteiger charge is 2.16. The minimum Gasteiger partial charge on any atom is -0.465 e. The Hall–Kier alpha value is -1.58. The molecule has 1 rings (SSSR count). The first-order chi connectivity index (χ1) is 10.2. The second-order valence-corrected chi connectivity index (χ2v) is 7.21. The van der Waals surface area contributed by atoms with E-state index < -0.39 is 15.3 Å². The number of sulfonamides is 1.